The molecule has 1 amide bonds. The molecular weight excluding hydrogens is 180 g/mol. The van der Waals surface area contributed by atoms with Crippen molar-refractivity contribution in [1.82, 2.24) is 10.6 Å². The third-order valence-electron chi connectivity index (χ3n) is 2.02. The van der Waals surface area contributed by atoms with Gasteiger partial charge in [0.05, 0.1) is 0 Å². The first kappa shape index (κ1) is 13.4. The van der Waals surface area contributed by atoms with Crippen LogP contribution in [0.15, 0.2) is 0 Å². The van der Waals surface area contributed by atoms with E-state index in [2.05, 4.69) is 17.6 Å². The van der Waals surface area contributed by atoms with E-state index < -0.39 is 0 Å². The first-order valence-electron chi connectivity index (χ1n) is 5.29. The monoisotopic (exact) mass is 202 g/mol. The minimum atomic E-state index is 0.0924. The van der Waals surface area contributed by atoms with Crippen molar-refractivity contribution < 1.29 is 9.90 Å². The molecule has 0 aromatic rings. The van der Waals surface area contributed by atoms with E-state index in [1.165, 1.54) is 0 Å². The molecule has 0 aromatic carbocycles. The van der Waals surface area contributed by atoms with Crippen LogP contribution >= 0.6 is 0 Å². The second-order valence-electron chi connectivity index (χ2n) is 3.53. The summed E-state index contributed by atoms with van der Waals surface area (Å²) < 4.78 is 0. The van der Waals surface area contributed by atoms with Crippen molar-refractivity contribution in [3.05, 3.63) is 0 Å². The van der Waals surface area contributed by atoms with Crippen LogP contribution in [-0.2, 0) is 4.79 Å². The van der Waals surface area contributed by atoms with E-state index in [0.29, 0.717) is 25.4 Å². The lowest BCUT2D eigenvalue weighted by molar-refractivity contribution is -0.120. The smallest absolute Gasteiger partial charge is 0.221 e. The van der Waals surface area contributed by atoms with Crippen molar-refractivity contribution in [2.75, 3.05) is 26.2 Å². The molecule has 0 rings (SSSR count). The first-order valence-corrected chi connectivity index (χ1v) is 5.29. The molecule has 84 valence electrons. The zero-order valence-corrected chi connectivity index (χ0v) is 9.18. The van der Waals surface area contributed by atoms with Crippen molar-refractivity contribution in [2.45, 2.75) is 26.7 Å². The molecule has 0 radical (unpaired) electrons. The van der Waals surface area contributed by atoms with Crippen LogP contribution in [-0.4, -0.2) is 37.3 Å². The van der Waals surface area contributed by atoms with E-state index in [-0.39, 0.29) is 12.5 Å². The van der Waals surface area contributed by atoms with E-state index in [0.717, 1.165) is 13.0 Å². The van der Waals surface area contributed by atoms with Crippen LogP contribution < -0.4 is 10.6 Å². The van der Waals surface area contributed by atoms with Crippen LogP contribution in [0.3, 0.4) is 0 Å². The molecule has 0 aliphatic rings. The quantitative estimate of drug-likeness (QED) is 0.490. The van der Waals surface area contributed by atoms with Gasteiger partial charge in [0.1, 0.15) is 0 Å². The zero-order valence-electron chi connectivity index (χ0n) is 9.18. The van der Waals surface area contributed by atoms with E-state index in [9.17, 15) is 4.79 Å². The summed E-state index contributed by atoms with van der Waals surface area (Å²) >= 11 is 0. The minimum Gasteiger partial charge on any atom is -0.396 e. The Kier molecular flexibility index (Phi) is 8.57. The molecule has 0 bridgehead atoms. The second kappa shape index (κ2) is 8.97. The largest absolute Gasteiger partial charge is 0.396 e. The van der Waals surface area contributed by atoms with Crippen LogP contribution in [0.1, 0.15) is 26.7 Å². The van der Waals surface area contributed by atoms with Crippen LogP contribution in [0, 0.1) is 5.92 Å². The number of aliphatic hydroxyl groups is 1. The first-order chi connectivity index (χ1) is 6.70. The summed E-state index contributed by atoms with van der Waals surface area (Å²) in [4.78, 5) is 11.0. The molecule has 1 unspecified atom stereocenters. The predicted molar refractivity (Wildman–Crippen MR) is 57.0 cm³/mol. The molecule has 4 nitrogen and oxygen atoms in total. The van der Waals surface area contributed by atoms with Gasteiger partial charge in [-0.25, -0.2) is 0 Å². The average molecular weight is 202 g/mol. The van der Waals surface area contributed by atoms with Gasteiger partial charge in [-0.3, -0.25) is 4.79 Å². The molecule has 0 spiro atoms. The number of carbonyl (C=O) groups excluding carboxylic acids is 1. The van der Waals surface area contributed by atoms with Gasteiger partial charge in [0.15, 0.2) is 0 Å². The number of amides is 1. The van der Waals surface area contributed by atoms with Crippen LogP contribution in [0.25, 0.3) is 0 Å². The summed E-state index contributed by atoms with van der Waals surface area (Å²) in [6.45, 7) is 6.49. The molecular formula is C10H22N2O2. The van der Waals surface area contributed by atoms with Gasteiger partial charge >= 0.3 is 0 Å². The molecule has 1 atom stereocenters. The maximum Gasteiger partial charge on any atom is 0.221 e. The Labute approximate surface area is 86.1 Å². The fourth-order valence-electron chi connectivity index (χ4n) is 1.16. The standard InChI is InChI=1S/C10H22N2O2/c1-3-12-10(14)4-6-11-8-9(2)5-7-13/h9,11,13H,3-8H2,1-2H3,(H,12,14). The lowest BCUT2D eigenvalue weighted by Crippen LogP contribution is -2.29. The second-order valence-corrected chi connectivity index (χ2v) is 3.53. The van der Waals surface area contributed by atoms with Crippen LogP contribution in [0.2, 0.25) is 0 Å². The molecule has 0 heterocycles. The summed E-state index contributed by atoms with van der Waals surface area (Å²) in [7, 11) is 0. The lowest BCUT2D eigenvalue weighted by atomic mass is 10.1. The molecule has 0 aliphatic carbocycles. The molecule has 0 saturated heterocycles. The van der Waals surface area contributed by atoms with Crippen molar-refractivity contribution in [3.8, 4) is 0 Å². The highest BCUT2D eigenvalue weighted by Gasteiger charge is 2.01. The molecule has 0 saturated carbocycles. The van der Waals surface area contributed by atoms with Crippen LogP contribution in [0.4, 0.5) is 0 Å². The summed E-state index contributed by atoms with van der Waals surface area (Å²) in [6.07, 6.45) is 1.34. The number of nitrogens with one attached hydrogen (secondary N) is 2. The maximum absolute atomic E-state index is 11.0. The molecule has 0 aromatic heterocycles. The van der Waals surface area contributed by atoms with Gasteiger partial charge in [0, 0.05) is 26.1 Å². The number of carbonyl (C=O) groups is 1. The minimum absolute atomic E-state index is 0.0924. The predicted octanol–water partition coefficient (Wildman–Crippen LogP) is 0.121. The van der Waals surface area contributed by atoms with E-state index >= 15 is 0 Å². The SMILES string of the molecule is CCNC(=O)CCNCC(C)CCO. The highest BCUT2D eigenvalue weighted by molar-refractivity contribution is 5.75. The van der Waals surface area contributed by atoms with Gasteiger partial charge in [-0.05, 0) is 25.8 Å². The van der Waals surface area contributed by atoms with Gasteiger partial charge in [0.25, 0.3) is 0 Å². The number of aliphatic hydroxyl groups excluding tert-OH is 1. The molecule has 4 heteroatoms. The van der Waals surface area contributed by atoms with Gasteiger partial charge < -0.3 is 15.7 Å². The third-order valence-corrected chi connectivity index (χ3v) is 2.02. The van der Waals surface area contributed by atoms with Gasteiger partial charge in [-0.2, -0.15) is 0 Å². The van der Waals surface area contributed by atoms with Crippen LogP contribution in [0.5, 0.6) is 0 Å². The Morgan fingerprint density at radius 2 is 2.21 bits per heavy atom. The fourth-order valence-corrected chi connectivity index (χ4v) is 1.16. The Hall–Kier alpha value is -0.610. The lowest BCUT2D eigenvalue weighted by Gasteiger charge is -2.10. The van der Waals surface area contributed by atoms with Crippen molar-refractivity contribution in [2.24, 2.45) is 5.92 Å². The fraction of sp³-hybridized carbons (Fsp3) is 0.900. The Bertz CT molecular complexity index is 151. The van der Waals surface area contributed by atoms with E-state index in [1.54, 1.807) is 0 Å². The van der Waals surface area contributed by atoms with Crippen molar-refractivity contribution in [1.29, 1.82) is 0 Å². The Balaban J connectivity index is 3.24. The average Bonchev–Trinajstić information content (AvgIpc) is 2.13. The number of rotatable bonds is 8. The summed E-state index contributed by atoms with van der Waals surface area (Å²) in [5.74, 6) is 0.559. The normalized spacial score (nSPS) is 12.5. The summed E-state index contributed by atoms with van der Waals surface area (Å²) in [5.41, 5.74) is 0. The number of hydrogen-bond acceptors (Lipinski definition) is 3. The highest BCUT2D eigenvalue weighted by atomic mass is 16.3. The van der Waals surface area contributed by atoms with E-state index in [1.807, 2.05) is 6.92 Å². The zero-order chi connectivity index (χ0) is 10.8. The molecule has 3 N–H and O–H groups in total. The highest BCUT2D eigenvalue weighted by Crippen LogP contribution is 1.97. The Morgan fingerprint density at radius 1 is 1.50 bits per heavy atom. The molecule has 14 heavy (non-hydrogen) atoms. The van der Waals surface area contributed by atoms with Gasteiger partial charge in [-0.1, -0.05) is 6.92 Å². The Morgan fingerprint density at radius 3 is 2.79 bits per heavy atom. The van der Waals surface area contributed by atoms with Crippen molar-refractivity contribution in [3.63, 3.8) is 0 Å². The van der Waals surface area contributed by atoms with Crippen molar-refractivity contribution >= 4 is 5.91 Å². The third kappa shape index (κ3) is 8.01. The summed E-state index contributed by atoms with van der Waals surface area (Å²) in [6, 6.07) is 0. The summed E-state index contributed by atoms with van der Waals surface area (Å²) in [5, 5.41) is 14.6. The van der Waals surface area contributed by atoms with Gasteiger partial charge in [0.2, 0.25) is 5.91 Å². The van der Waals surface area contributed by atoms with E-state index in [4.69, 9.17) is 5.11 Å². The topological polar surface area (TPSA) is 61.4 Å². The number of hydrogen-bond donors (Lipinski definition) is 3. The maximum atomic E-state index is 11.0. The molecule has 0 fully saturated rings. The van der Waals surface area contributed by atoms with Gasteiger partial charge in [-0.15, -0.1) is 0 Å². The molecule has 0 aliphatic heterocycles.